The fourth-order valence-electron chi connectivity index (χ4n) is 2.43. The molecule has 0 atom stereocenters. The van der Waals surface area contributed by atoms with Gasteiger partial charge in [-0.05, 0) is 49.7 Å². The maximum Gasteiger partial charge on any atom is 0.241 e. The lowest BCUT2D eigenvalue weighted by molar-refractivity contribution is -0.119. The van der Waals surface area contributed by atoms with Crippen molar-refractivity contribution < 1.29 is 17.9 Å². The zero-order valence-electron chi connectivity index (χ0n) is 15.8. The van der Waals surface area contributed by atoms with Gasteiger partial charge in [0.05, 0.1) is 18.0 Å². The predicted molar refractivity (Wildman–Crippen MR) is 113 cm³/mol. The molecule has 1 N–H and O–H groups in total. The molecule has 0 heterocycles. The molecule has 0 bridgehead atoms. The summed E-state index contributed by atoms with van der Waals surface area (Å²) in [7, 11) is -3.71. The highest BCUT2D eigenvalue weighted by Gasteiger charge is 2.21. The van der Waals surface area contributed by atoms with E-state index in [0.29, 0.717) is 0 Å². The van der Waals surface area contributed by atoms with Crippen LogP contribution >= 0.6 is 23.2 Å². The molecule has 0 fully saturated rings. The predicted octanol–water partition coefficient (Wildman–Crippen LogP) is 3.86. The second-order valence-corrected chi connectivity index (χ2v) is 9.26. The number of carbonyl (C=O) groups is 1. The van der Waals surface area contributed by atoms with Gasteiger partial charge in [0.25, 0.3) is 0 Å². The summed E-state index contributed by atoms with van der Waals surface area (Å²) in [6.07, 6.45) is 1.09. The molecule has 0 saturated carbocycles. The lowest BCUT2D eigenvalue weighted by Gasteiger charge is -2.22. The largest absolute Gasteiger partial charge is 0.491 e. The molecule has 152 valence electrons. The van der Waals surface area contributed by atoms with Crippen molar-refractivity contribution >= 4 is 44.8 Å². The van der Waals surface area contributed by atoms with Gasteiger partial charge in [0.2, 0.25) is 15.9 Å². The van der Waals surface area contributed by atoms with Crippen LogP contribution in [0.15, 0.2) is 42.5 Å². The van der Waals surface area contributed by atoms with Crippen LogP contribution in [-0.4, -0.2) is 33.2 Å². The number of hydrogen-bond donors (Lipinski definition) is 1. The van der Waals surface area contributed by atoms with Crippen molar-refractivity contribution in [3.63, 3.8) is 0 Å². The van der Waals surface area contributed by atoms with E-state index in [1.807, 2.05) is 38.1 Å². The van der Waals surface area contributed by atoms with Crippen LogP contribution in [0.2, 0.25) is 10.0 Å². The minimum atomic E-state index is -3.71. The van der Waals surface area contributed by atoms with E-state index < -0.39 is 15.9 Å². The van der Waals surface area contributed by atoms with E-state index in [2.05, 4.69) is 5.32 Å². The average Bonchev–Trinajstić information content (AvgIpc) is 2.56. The minimum Gasteiger partial charge on any atom is -0.491 e. The minimum absolute atomic E-state index is 0.0764. The van der Waals surface area contributed by atoms with E-state index in [9.17, 15) is 13.2 Å². The first-order valence-electron chi connectivity index (χ1n) is 8.50. The van der Waals surface area contributed by atoms with Gasteiger partial charge in [-0.2, -0.15) is 0 Å². The van der Waals surface area contributed by atoms with E-state index in [0.717, 1.165) is 21.9 Å². The van der Waals surface area contributed by atoms with E-state index in [1.165, 1.54) is 18.2 Å². The van der Waals surface area contributed by atoms with Gasteiger partial charge in [-0.15, -0.1) is 0 Å². The van der Waals surface area contributed by atoms with Gasteiger partial charge < -0.3 is 10.1 Å². The van der Waals surface area contributed by atoms with E-state index in [4.69, 9.17) is 27.9 Å². The number of carbonyl (C=O) groups excluding carboxylic acids is 1. The number of halogens is 2. The van der Waals surface area contributed by atoms with Crippen molar-refractivity contribution in [2.24, 2.45) is 0 Å². The van der Waals surface area contributed by atoms with Crippen molar-refractivity contribution in [1.82, 2.24) is 5.32 Å². The number of ether oxygens (including phenoxy) is 1. The zero-order valence-corrected chi connectivity index (χ0v) is 18.1. The first-order chi connectivity index (χ1) is 13.0. The number of benzene rings is 2. The first kappa shape index (κ1) is 22.3. The number of hydrogen-bond acceptors (Lipinski definition) is 4. The van der Waals surface area contributed by atoms with Gasteiger partial charge in [0.1, 0.15) is 12.3 Å². The van der Waals surface area contributed by atoms with Gasteiger partial charge in [0.15, 0.2) is 0 Å². The summed E-state index contributed by atoms with van der Waals surface area (Å²) in [6.45, 7) is 3.75. The Morgan fingerprint density at radius 2 is 1.68 bits per heavy atom. The normalized spacial score (nSPS) is 11.4. The summed E-state index contributed by atoms with van der Waals surface area (Å²) >= 11 is 11.9. The molecule has 2 rings (SSSR count). The Balaban J connectivity index is 2.04. The Kier molecular flexibility index (Phi) is 7.57. The van der Waals surface area contributed by atoms with Crippen LogP contribution in [0, 0.1) is 0 Å². The van der Waals surface area contributed by atoms with Crippen LogP contribution in [0.4, 0.5) is 5.69 Å². The zero-order chi connectivity index (χ0) is 20.9. The van der Waals surface area contributed by atoms with Crippen LogP contribution in [0.25, 0.3) is 0 Å². The molecule has 0 saturated heterocycles. The third-order valence-corrected chi connectivity index (χ3v) is 5.18. The quantitative estimate of drug-likeness (QED) is 0.670. The highest BCUT2D eigenvalue weighted by atomic mass is 35.5. The van der Waals surface area contributed by atoms with Gasteiger partial charge in [-0.1, -0.05) is 35.3 Å². The van der Waals surface area contributed by atoms with E-state index in [-0.39, 0.29) is 34.9 Å². The molecule has 0 aliphatic carbocycles. The Morgan fingerprint density at radius 3 is 2.18 bits per heavy atom. The second kappa shape index (κ2) is 9.49. The fourth-order valence-corrected chi connectivity index (χ4v) is 3.78. The topological polar surface area (TPSA) is 75.7 Å². The van der Waals surface area contributed by atoms with Gasteiger partial charge in [-0.25, -0.2) is 8.42 Å². The molecule has 1 amide bonds. The summed E-state index contributed by atoms with van der Waals surface area (Å²) in [5, 5.41) is 3.26. The van der Waals surface area contributed by atoms with Crippen LogP contribution in [0.5, 0.6) is 5.75 Å². The summed E-state index contributed by atoms with van der Waals surface area (Å²) in [4.78, 5) is 12.3. The van der Waals surface area contributed by atoms with Crippen molar-refractivity contribution in [2.45, 2.75) is 26.5 Å². The third kappa shape index (κ3) is 6.89. The first-order valence-corrected chi connectivity index (χ1v) is 11.1. The Labute approximate surface area is 175 Å². The summed E-state index contributed by atoms with van der Waals surface area (Å²) in [5.41, 5.74) is 1.09. The van der Waals surface area contributed by atoms with Crippen LogP contribution in [-0.2, 0) is 21.4 Å². The molecule has 0 radical (unpaired) electrons. The number of sulfonamides is 1. The molecule has 0 aliphatic heterocycles. The maximum absolute atomic E-state index is 12.3. The van der Waals surface area contributed by atoms with Gasteiger partial charge in [0, 0.05) is 16.6 Å². The van der Waals surface area contributed by atoms with Crippen molar-refractivity contribution in [3.8, 4) is 5.75 Å². The number of nitrogens with one attached hydrogen (secondary N) is 1. The molecule has 0 spiro atoms. The Morgan fingerprint density at radius 1 is 1.11 bits per heavy atom. The molecular formula is C19H22Cl2N2O4S. The molecule has 6 nitrogen and oxygen atoms in total. The van der Waals surface area contributed by atoms with Crippen molar-refractivity contribution in [1.29, 1.82) is 0 Å². The number of anilines is 1. The molecule has 2 aromatic rings. The standard InChI is InChI=1S/C19H22Cl2N2O4S/c1-13(2)27-18-6-4-14(5-7-18)11-22-19(24)12-23(28(3,25)26)17-9-15(20)8-16(21)10-17/h4-10,13H,11-12H2,1-3H3,(H,22,24). The molecule has 0 unspecified atom stereocenters. The highest BCUT2D eigenvalue weighted by Crippen LogP contribution is 2.26. The van der Waals surface area contributed by atoms with Crippen LogP contribution < -0.4 is 14.4 Å². The molecule has 28 heavy (non-hydrogen) atoms. The number of rotatable bonds is 8. The monoisotopic (exact) mass is 444 g/mol. The van der Waals surface area contributed by atoms with E-state index in [1.54, 1.807) is 0 Å². The molecule has 9 heteroatoms. The summed E-state index contributed by atoms with van der Waals surface area (Å²) < 4.78 is 30.8. The molecular weight excluding hydrogens is 423 g/mol. The average molecular weight is 445 g/mol. The lowest BCUT2D eigenvalue weighted by atomic mass is 10.2. The summed E-state index contributed by atoms with van der Waals surface area (Å²) in [6, 6.07) is 11.7. The molecule has 0 aliphatic rings. The third-order valence-electron chi connectivity index (χ3n) is 3.61. The number of amides is 1. The fraction of sp³-hybridized carbons (Fsp3) is 0.316. The smallest absolute Gasteiger partial charge is 0.241 e. The van der Waals surface area contributed by atoms with Crippen molar-refractivity contribution in [2.75, 3.05) is 17.1 Å². The Hall–Kier alpha value is -1.96. The SMILES string of the molecule is CC(C)Oc1ccc(CNC(=O)CN(c2cc(Cl)cc(Cl)c2)S(C)(=O)=O)cc1. The van der Waals surface area contributed by atoms with Crippen molar-refractivity contribution in [3.05, 3.63) is 58.1 Å². The molecule has 2 aromatic carbocycles. The van der Waals surface area contributed by atoms with Crippen LogP contribution in [0.3, 0.4) is 0 Å². The Bertz CT molecular complexity index is 911. The summed E-state index contributed by atoms with van der Waals surface area (Å²) in [5.74, 6) is 0.287. The van der Waals surface area contributed by atoms with Gasteiger partial charge in [-0.3, -0.25) is 9.10 Å². The highest BCUT2D eigenvalue weighted by molar-refractivity contribution is 7.92. The van der Waals surface area contributed by atoms with E-state index >= 15 is 0 Å². The lowest BCUT2D eigenvalue weighted by Crippen LogP contribution is -2.40. The van der Waals surface area contributed by atoms with Gasteiger partial charge >= 0.3 is 0 Å². The van der Waals surface area contributed by atoms with Crippen LogP contribution in [0.1, 0.15) is 19.4 Å². The second-order valence-electron chi connectivity index (χ2n) is 6.48. The maximum atomic E-state index is 12.3. The molecule has 0 aromatic heterocycles. The number of nitrogens with zero attached hydrogens (tertiary/aromatic N) is 1.